The molecule has 0 bridgehead atoms. The van der Waals surface area contributed by atoms with Gasteiger partial charge in [-0.2, -0.15) is 0 Å². The Hall–Kier alpha value is -3.44. The van der Waals surface area contributed by atoms with Crippen molar-refractivity contribution in [2.24, 2.45) is 0 Å². The topological polar surface area (TPSA) is 45.5 Å². The van der Waals surface area contributed by atoms with E-state index in [1.54, 1.807) is 6.26 Å². The summed E-state index contributed by atoms with van der Waals surface area (Å²) in [5, 5.41) is 0. The van der Waals surface area contributed by atoms with Gasteiger partial charge in [0.15, 0.2) is 11.9 Å². The molecule has 1 aliphatic rings. The van der Waals surface area contributed by atoms with Crippen molar-refractivity contribution in [3.63, 3.8) is 0 Å². The molecule has 182 valence electrons. The Morgan fingerprint density at radius 3 is 2.57 bits per heavy atom. The molecule has 2 aromatic heterocycles. The maximum atomic E-state index is 6.68. The van der Waals surface area contributed by atoms with E-state index in [2.05, 4.69) is 62.6 Å². The molecule has 5 rings (SSSR count). The van der Waals surface area contributed by atoms with Gasteiger partial charge in [-0.25, -0.2) is 0 Å². The number of halogens is 1. The van der Waals surface area contributed by atoms with Crippen LogP contribution in [0.5, 0.6) is 5.75 Å². The molecule has 5 nitrogen and oxygen atoms in total. The lowest BCUT2D eigenvalue weighted by Gasteiger charge is -2.21. The fourth-order valence-electron chi connectivity index (χ4n) is 4.55. The molecule has 35 heavy (non-hydrogen) atoms. The fraction of sp³-hybridized carbons (Fsp3) is 0.276. The molecule has 1 aliphatic heterocycles. The third-order valence-corrected chi connectivity index (χ3v) is 6.64. The Labute approximate surface area is 212 Å². The van der Waals surface area contributed by atoms with Crippen LogP contribution in [-0.2, 0) is 22.4 Å². The van der Waals surface area contributed by atoms with Gasteiger partial charge in [-0.1, -0.05) is 54.1 Å². The minimum atomic E-state index is -0.305. The van der Waals surface area contributed by atoms with Gasteiger partial charge in [0.05, 0.1) is 5.52 Å². The van der Waals surface area contributed by atoms with Gasteiger partial charge in [0.1, 0.15) is 17.5 Å². The van der Waals surface area contributed by atoms with Gasteiger partial charge in [-0.05, 0) is 49.9 Å². The van der Waals surface area contributed by atoms with E-state index >= 15 is 0 Å². The second-order valence-corrected chi connectivity index (χ2v) is 8.98. The smallest absolute Gasteiger partial charge is 0.230 e. The lowest BCUT2D eigenvalue weighted by Crippen LogP contribution is -2.23. The van der Waals surface area contributed by atoms with Gasteiger partial charge < -0.3 is 18.8 Å². The Morgan fingerprint density at radius 1 is 1.03 bits per heavy atom. The van der Waals surface area contributed by atoms with Gasteiger partial charge in [0.2, 0.25) is 6.79 Å². The summed E-state index contributed by atoms with van der Waals surface area (Å²) in [6, 6.07) is 18.9. The Kier molecular flexibility index (Phi) is 7.37. The zero-order valence-corrected chi connectivity index (χ0v) is 21.4. The van der Waals surface area contributed by atoms with E-state index in [1.165, 1.54) is 33.5 Å². The van der Waals surface area contributed by atoms with Crippen molar-refractivity contribution < 1.29 is 14.2 Å². The third kappa shape index (κ3) is 5.01. The first-order valence-corrected chi connectivity index (χ1v) is 11.7. The van der Waals surface area contributed by atoms with E-state index in [-0.39, 0.29) is 25.3 Å². The van der Waals surface area contributed by atoms with Crippen LogP contribution in [0.15, 0.2) is 72.8 Å². The number of rotatable bonds is 7. The van der Waals surface area contributed by atoms with Gasteiger partial charge in [0.25, 0.3) is 0 Å². The predicted octanol–water partition coefficient (Wildman–Crippen LogP) is 6.58. The zero-order valence-electron chi connectivity index (χ0n) is 20.6. The molecule has 2 aromatic carbocycles. The predicted molar refractivity (Wildman–Crippen MR) is 141 cm³/mol. The van der Waals surface area contributed by atoms with E-state index in [9.17, 15) is 0 Å². The number of hydrogen-bond donors (Lipinski definition) is 0. The summed E-state index contributed by atoms with van der Waals surface area (Å²) in [7, 11) is 0. The van der Waals surface area contributed by atoms with E-state index in [0.29, 0.717) is 12.2 Å². The van der Waals surface area contributed by atoms with Crippen molar-refractivity contribution in [1.82, 2.24) is 9.55 Å². The van der Waals surface area contributed by atoms with E-state index in [4.69, 9.17) is 19.2 Å². The Morgan fingerprint density at radius 2 is 1.83 bits per heavy atom. The van der Waals surface area contributed by atoms with Crippen LogP contribution in [0, 0.1) is 27.7 Å². The first-order valence-electron chi connectivity index (χ1n) is 11.7. The molecule has 6 heteroatoms. The lowest BCUT2D eigenvalue weighted by atomic mass is 10.1. The van der Waals surface area contributed by atoms with E-state index in [0.717, 1.165) is 23.3 Å². The molecule has 0 radical (unpaired) electrons. The average Bonchev–Trinajstić information content (AvgIpc) is 3.46. The van der Waals surface area contributed by atoms with Crippen LogP contribution in [0.1, 0.15) is 33.5 Å². The third-order valence-electron chi connectivity index (χ3n) is 6.64. The molecule has 0 N–H and O–H groups in total. The van der Waals surface area contributed by atoms with Crippen LogP contribution in [0.4, 0.5) is 0 Å². The second kappa shape index (κ2) is 10.4. The monoisotopic (exact) mass is 490 g/mol. The number of hydrogen-bond acceptors (Lipinski definition) is 4. The van der Waals surface area contributed by atoms with Crippen molar-refractivity contribution in [3.8, 4) is 5.75 Å². The summed E-state index contributed by atoms with van der Waals surface area (Å²) < 4.78 is 20.1. The van der Waals surface area contributed by atoms with Gasteiger partial charge in [0, 0.05) is 30.9 Å². The quantitative estimate of drug-likeness (QED) is 0.293. The molecule has 0 saturated heterocycles. The number of fused-ring (bicyclic) bond motifs is 1. The first-order chi connectivity index (χ1) is 16.5. The molecule has 0 amide bonds. The number of ether oxygens (including phenoxy) is 3. The summed E-state index contributed by atoms with van der Waals surface area (Å²) in [5.41, 5.74) is 9.35. The highest BCUT2D eigenvalue weighted by Crippen LogP contribution is 2.34. The molecule has 0 fully saturated rings. The van der Waals surface area contributed by atoms with Crippen LogP contribution in [0.3, 0.4) is 0 Å². The maximum absolute atomic E-state index is 6.68. The summed E-state index contributed by atoms with van der Waals surface area (Å²) in [6.45, 7) is 9.57. The maximum Gasteiger partial charge on any atom is 0.230 e. The molecule has 4 aromatic rings. The zero-order chi connectivity index (χ0) is 23.7. The van der Waals surface area contributed by atoms with Crippen LogP contribution >= 0.6 is 12.4 Å². The highest BCUT2D eigenvalue weighted by Gasteiger charge is 2.25. The average molecular weight is 491 g/mol. The van der Waals surface area contributed by atoms with Crippen LogP contribution < -0.4 is 4.74 Å². The Balaban J connectivity index is 0.00000289. The first kappa shape index (κ1) is 24.7. The second-order valence-electron chi connectivity index (χ2n) is 8.98. The van der Waals surface area contributed by atoms with Crippen LogP contribution in [0.2, 0.25) is 0 Å². The van der Waals surface area contributed by atoms with Crippen molar-refractivity contribution in [1.29, 1.82) is 0 Å². The minimum absolute atomic E-state index is 0. The number of pyridine rings is 1. The van der Waals surface area contributed by atoms with Crippen molar-refractivity contribution >= 4 is 23.4 Å². The molecule has 0 saturated carbocycles. The normalized spacial score (nSPS) is 13.5. The van der Waals surface area contributed by atoms with Gasteiger partial charge >= 0.3 is 0 Å². The molecule has 1 unspecified atom stereocenters. The van der Waals surface area contributed by atoms with Gasteiger partial charge in [-0.15, -0.1) is 12.4 Å². The van der Waals surface area contributed by atoms with Gasteiger partial charge in [-0.3, -0.25) is 4.98 Å². The molecule has 0 spiro atoms. The number of nitrogens with zero attached hydrogens (tertiary/aromatic N) is 2. The number of aromatic nitrogens is 2. The summed E-state index contributed by atoms with van der Waals surface area (Å²) in [5.74, 6) is 1.50. The molecular formula is C29H31ClN2O3. The van der Waals surface area contributed by atoms with Crippen LogP contribution in [-0.4, -0.2) is 22.4 Å². The van der Waals surface area contributed by atoms with Crippen molar-refractivity contribution in [3.05, 3.63) is 106 Å². The van der Waals surface area contributed by atoms with Crippen LogP contribution in [0.25, 0.3) is 11.0 Å². The minimum Gasteiger partial charge on any atom is -0.480 e. The molecule has 1 atom stereocenters. The highest BCUT2D eigenvalue weighted by molar-refractivity contribution is 5.86. The van der Waals surface area contributed by atoms with Crippen molar-refractivity contribution in [2.45, 2.75) is 46.8 Å². The van der Waals surface area contributed by atoms with E-state index < -0.39 is 0 Å². The molecule has 3 heterocycles. The number of aryl methyl sites for hydroxylation is 3. The summed E-state index contributed by atoms with van der Waals surface area (Å²) >= 11 is 0. The summed E-state index contributed by atoms with van der Waals surface area (Å²) in [4.78, 5) is 4.72. The Bertz CT molecular complexity index is 1360. The fourth-order valence-corrected chi connectivity index (χ4v) is 4.55. The van der Waals surface area contributed by atoms with E-state index in [1.807, 2.05) is 30.5 Å². The summed E-state index contributed by atoms with van der Waals surface area (Å²) in [6.07, 6.45) is 3.86. The largest absolute Gasteiger partial charge is 0.480 e. The standard InChI is InChI=1S/C29H30N2O3.ClH/c1-19-10-11-20(2)24(14-19)16-31-22(4)21(3)28-29(31)25(12-13-30-28)34-26(27-17-32-18-33-27)15-23-8-6-5-7-9-23;/h5-14,17,26H,15-16,18H2,1-4H3;1H. The molecular weight excluding hydrogens is 460 g/mol. The lowest BCUT2D eigenvalue weighted by molar-refractivity contribution is 0.0559. The van der Waals surface area contributed by atoms with Crippen molar-refractivity contribution in [2.75, 3.05) is 6.79 Å². The number of benzene rings is 2. The highest BCUT2D eigenvalue weighted by atomic mass is 35.5. The molecule has 0 aliphatic carbocycles. The SMILES string of the molecule is Cc1ccc(C)c(Cn2c(C)c(C)c3nccc(OC(Cc4ccccc4)C4=COCO4)c32)c1.Cl.